The van der Waals surface area contributed by atoms with E-state index in [-0.39, 0.29) is 6.61 Å². The van der Waals surface area contributed by atoms with E-state index in [2.05, 4.69) is 4.98 Å². The maximum absolute atomic E-state index is 11.5. The molecule has 118 valence electrons. The van der Waals surface area contributed by atoms with Gasteiger partial charge in [0.2, 0.25) is 0 Å². The lowest BCUT2D eigenvalue weighted by atomic mass is 10.1. The number of hydrogen-bond acceptors (Lipinski definition) is 4. The van der Waals surface area contributed by atoms with E-state index in [1.54, 1.807) is 37.6 Å². The van der Waals surface area contributed by atoms with Gasteiger partial charge >= 0.3 is 5.97 Å². The summed E-state index contributed by atoms with van der Waals surface area (Å²) in [6, 6.07) is 5.17. The van der Waals surface area contributed by atoms with Gasteiger partial charge in [0.15, 0.2) is 0 Å². The molecule has 2 rings (SSSR count). The molecule has 1 aromatic carbocycles. The minimum atomic E-state index is -0.414. The van der Waals surface area contributed by atoms with Crippen molar-refractivity contribution < 1.29 is 14.3 Å². The fourth-order valence-corrected chi connectivity index (χ4v) is 2.49. The maximum Gasteiger partial charge on any atom is 0.332 e. The van der Waals surface area contributed by atoms with E-state index in [0.29, 0.717) is 23.2 Å². The number of imidazole rings is 1. The van der Waals surface area contributed by atoms with E-state index in [1.807, 2.05) is 10.8 Å². The van der Waals surface area contributed by atoms with Crippen LogP contribution in [-0.2, 0) is 20.8 Å². The summed E-state index contributed by atoms with van der Waals surface area (Å²) in [7, 11) is 0. The lowest BCUT2D eigenvalue weighted by Gasteiger charge is -2.19. The Hall–Kier alpha value is -1.56. The van der Waals surface area contributed by atoms with Crippen LogP contribution >= 0.6 is 23.2 Å². The Morgan fingerprint density at radius 1 is 1.41 bits per heavy atom. The zero-order chi connectivity index (χ0) is 15.9. The zero-order valence-electron chi connectivity index (χ0n) is 12.0. The van der Waals surface area contributed by atoms with Crippen molar-refractivity contribution in [3.63, 3.8) is 0 Å². The van der Waals surface area contributed by atoms with Crippen LogP contribution in [0.4, 0.5) is 0 Å². The van der Waals surface area contributed by atoms with Gasteiger partial charge in [0.25, 0.3) is 0 Å². The number of aromatic nitrogens is 2. The number of nitrogens with zero attached hydrogens (tertiary/aromatic N) is 2. The summed E-state index contributed by atoms with van der Waals surface area (Å²) in [5, 5.41) is 1.03. The summed E-state index contributed by atoms with van der Waals surface area (Å²) >= 11 is 12.2. The van der Waals surface area contributed by atoms with Crippen molar-refractivity contribution in [1.82, 2.24) is 9.55 Å². The van der Waals surface area contributed by atoms with Crippen LogP contribution in [0.2, 0.25) is 10.0 Å². The molecule has 0 aliphatic heterocycles. The third-order valence-corrected chi connectivity index (χ3v) is 3.52. The summed E-state index contributed by atoms with van der Waals surface area (Å²) in [5.41, 5.74) is 0.754. The number of benzene rings is 1. The molecule has 0 spiro atoms. The first-order valence-corrected chi connectivity index (χ1v) is 7.53. The molecule has 7 heteroatoms. The van der Waals surface area contributed by atoms with Gasteiger partial charge in [-0.2, -0.15) is 0 Å². The Bertz CT molecular complexity index is 617. The third kappa shape index (κ3) is 4.73. The van der Waals surface area contributed by atoms with Crippen molar-refractivity contribution in [3.8, 4) is 0 Å². The van der Waals surface area contributed by atoms with Crippen LogP contribution in [0.25, 0.3) is 0 Å². The highest BCUT2D eigenvalue weighted by Gasteiger charge is 2.18. The van der Waals surface area contributed by atoms with E-state index >= 15 is 0 Å². The quantitative estimate of drug-likeness (QED) is 0.722. The Labute approximate surface area is 138 Å². The molecule has 2 aromatic rings. The van der Waals surface area contributed by atoms with Gasteiger partial charge in [0, 0.05) is 28.0 Å². The number of ether oxygens (including phenoxy) is 2. The van der Waals surface area contributed by atoms with E-state index in [1.165, 1.54) is 0 Å². The molecule has 1 unspecified atom stereocenters. The van der Waals surface area contributed by atoms with Crippen LogP contribution in [0.5, 0.6) is 0 Å². The van der Waals surface area contributed by atoms with Crippen molar-refractivity contribution in [2.75, 3.05) is 13.2 Å². The van der Waals surface area contributed by atoms with Gasteiger partial charge in [-0.25, -0.2) is 9.78 Å². The van der Waals surface area contributed by atoms with Crippen LogP contribution < -0.4 is 0 Å². The Morgan fingerprint density at radius 3 is 2.86 bits per heavy atom. The molecule has 0 amide bonds. The van der Waals surface area contributed by atoms with Crippen molar-refractivity contribution in [2.24, 2.45) is 0 Å². The molecule has 1 heterocycles. The summed E-state index contributed by atoms with van der Waals surface area (Å²) in [5.74, 6) is -0.414. The molecule has 0 N–H and O–H groups in total. The van der Waals surface area contributed by atoms with Crippen LogP contribution in [0.15, 0.2) is 36.9 Å². The maximum atomic E-state index is 11.5. The summed E-state index contributed by atoms with van der Waals surface area (Å²) in [6.45, 7) is 2.39. The summed E-state index contributed by atoms with van der Waals surface area (Å²) in [6.07, 6.45) is 4.74. The number of carbonyl (C=O) groups excluding carboxylic acids is 1. The first-order chi connectivity index (χ1) is 10.6. The van der Waals surface area contributed by atoms with Gasteiger partial charge in [0.05, 0.1) is 19.5 Å². The monoisotopic (exact) mass is 342 g/mol. The summed E-state index contributed by atoms with van der Waals surface area (Å²) < 4.78 is 12.4. The van der Waals surface area contributed by atoms with Gasteiger partial charge in [-0.15, -0.1) is 0 Å². The second kappa shape index (κ2) is 8.17. The number of carbonyl (C=O) groups is 1. The molecule has 1 aromatic heterocycles. The molecular weight excluding hydrogens is 327 g/mol. The van der Waals surface area contributed by atoms with Gasteiger partial charge < -0.3 is 14.0 Å². The predicted molar refractivity (Wildman–Crippen MR) is 84.0 cm³/mol. The lowest BCUT2D eigenvalue weighted by Crippen LogP contribution is -2.19. The minimum Gasteiger partial charge on any atom is -0.464 e. The van der Waals surface area contributed by atoms with Crippen molar-refractivity contribution in [2.45, 2.75) is 19.6 Å². The third-order valence-electron chi connectivity index (χ3n) is 2.95. The van der Waals surface area contributed by atoms with E-state index in [4.69, 9.17) is 32.7 Å². The van der Waals surface area contributed by atoms with Gasteiger partial charge in [0.1, 0.15) is 12.7 Å². The standard InChI is InChI=1S/C15H16Cl2N2O3/c1-2-21-15(20)9-22-14(8-19-6-5-18-10-19)12-4-3-11(16)7-13(12)17/h3-7,10,14H,2,8-9H2,1H3. The Balaban J connectivity index is 2.15. The Kier molecular flexibility index (Phi) is 6.24. The molecule has 5 nitrogen and oxygen atoms in total. The van der Waals surface area contributed by atoms with Crippen LogP contribution in [-0.4, -0.2) is 28.7 Å². The van der Waals surface area contributed by atoms with Crippen molar-refractivity contribution in [1.29, 1.82) is 0 Å². The zero-order valence-corrected chi connectivity index (χ0v) is 13.5. The summed E-state index contributed by atoms with van der Waals surface area (Å²) in [4.78, 5) is 15.5. The second-order valence-corrected chi connectivity index (χ2v) is 5.37. The first-order valence-electron chi connectivity index (χ1n) is 6.78. The smallest absolute Gasteiger partial charge is 0.332 e. The molecule has 0 fully saturated rings. The number of halogens is 2. The molecule has 0 aliphatic rings. The molecule has 0 saturated carbocycles. The molecule has 1 atom stereocenters. The predicted octanol–water partition coefficient (Wildman–Crippen LogP) is 3.51. The Morgan fingerprint density at radius 2 is 2.23 bits per heavy atom. The van der Waals surface area contributed by atoms with E-state index in [0.717, 1.165) is 5.56 Å². The molecule has 0 radical (unpaired) electrons. The highest BCUT2D eigenvalue weighted by molar-refractivity contribution is 6.35. The first kappa shape index (κ1) is 16.8. The van der Waals surface area contributed by atoms with Crippen LogP contribution in [0.3, 0.4) is 0 Å². The molecular formula is C15H16Cl2N2O3. The van der Waals surface area contributed by atoms with Gasteiger partial charge in [-0.1, -0.05) is 29.3 Å². The lowest BCUT2D eigenvalue weighted by molar-refractivity contribution is -0.151. The normalized spacial score (nSPS) is 12.1. The largest absolute Gasteiger partial charge is 0.464 e. The van der Waals surface area contributed by atoms with Crippen molar-refractivity contribution >= 4 is 29.2 Å². The highest BCUT2D eigenvalue weighted by atomic mass is 35.5. The SMILES string of the molecule is CCOC(=O)COC(Cn1ccnc1)c1ccc(Cl)cc1Cl. The van der Waals surface area contributed by atoms with E-state index < -0.39 is 12.1 Å². The fourth-order valence-electron chi connectivity index (χ4n) is 1.96. The van der Waals surface area contributed by atoms with Gasteiger partial charge in [-0.05, 0) is 19.1 Å². The molecule has 0 aliphatic carbocycles. The number of rotatable bonds is 7. The van der Waals surface area contributed by atoms with Crippen molar-refractivity contribution in [3.05, 3.63) is 52.5 Å². The molecule has 0 bridgehead atoms. The number of hydrogen-bond donors (Lipinski definition) is 0. The average Bonchev–Trinajstić information content (AvgIpc) is 2.97. The second-order valence-electron chi connectivity index (χ2n) is 4.53. The highest BCUT2D eigenvalue weighted by Crippen LogP contribution is 2.29. The van der Waals surface area contributed by atoms with Crippen LogP contribution in [0.1, 0.15) is 18.6 Å². The molecule has 22 heavy (non-hydrogen) atoms. The molecule has 0 saturated heterocycles. The fraction of sp³-hybridized carbons (Fsp3) is 0.333. The van der Waals surface area contributed by atoms with Crippen LogP contribution in [0, 0.1) is 0 Å². The van der Waals surface area contributed by atoms with E-state index in [9.17, 15) is 4.79 Å². The number of esters is 1. The minimum absolute atomic E-state index is 0.147. The topological polar surface area (TPSA) is 53.4 Å². The van der Waals surface area contributed by atoms with Gasteiger partial charge in [-0.3, -0.25) is 0 Å². The average molecular weight is 343 g/mol.